The van der Waals surface area contributed by atoms with Crippen LogP contribution in [0.2, 0.25) is 0 Å². The van der Waals surface area contributed by atoms with Gasteiger partial charge in [0, 0.05) is 5.75 Å². The van der Waals surface area contributed by atoms with Gasteiger partial charge in [0.1, 0.15) is 6.07 Å². The molecule has 0 radical (unpaired) electrons. The average molecular weight is 394 g/mol. The van der Waals surface area contributed by atoms with Crippen molar-refractivity contribution in [3.63, 3.8) is 0 Å². The number of carbonyl (C=O) groups excluding carboxylic acids is 1. The van der Waals surface area contributed by atoms with Gasteiger partial charge in [0.15, 0.2) is 0 Å². The van der Waals surface area contributed by atoms with Gasteiger partial charge in [-0.1, -0.05) is 94.1 Å². The molecule has 0 aromatic heterocycles. The zero-order valence-corrected chi connectivity index (χ0v) is 17.9. The van der Waals surface area contributed by atoms with Crippen LogP contribution in [-0.4, -0.2) is 11.5 Å². The second-order valence-electron chi connectivity index (χ2n) is 7.42. The van der Waals surface area contributed by atoms with Crippen molar-refractivity contribution >= 4 is 17.5 Å². The Kier molecular flexibility index (Phi) is 9.86. The summed E-state index contributed by atoms with van der Waals surface area (Å²) in [6.07, 6.45) is 6.60. The highest BCUT2D eigenvalue weighted by molar-refractivity contribution is 7.98. The number of carbonyl (C=O) groups is 1. The SMILES string of the molecule is CC(C(=O)C#N)c1ccc(CC2CCCC2)cc1.CCSCc1ccccc1. The van der Waals surface area contributed by atoms with Crippen molar-refractivity contribution < 1.29 is 4.79 Å². The maximum Gasteiger partial charge on any atom is 0.239 e. The van der Waals surface area contributed by atoms with E-state index in [1.807, 2.05) is 23.9 Å². The number of nitriles is 1. The molecule has 1 unspecified atom stereocenters. The molecule has 0 bridgehead atoms. The largest absolute Gasteiger partial charge is 0.282 e. The highest BCUT2D eigenvalue weighted by Crippen LogP contribution is 2.28. The Morgan fingerprint density at radius 3 is 2.29 bits per heavy atom. The topological polar surface area (TPSA) is 40.9 Å². The van der Waals surface area contributed by atoms with Gasteiger partial charge >= 0.3 is 0 Å². The van der Waals surface area contributed by atoms with E-state index >= 15 is 0 Å². The van der Waals surface area contributed by atoms with E-state index in [4.69, 9.17) is 5.26 Å². The van der Waals surface area contributed by atoms with Crippen molar-refractivity contribution in [2.24, 2.45) is 5.92 Å². The molecule has 0 aliphatic heterocycles. The molecule has 0 N–H and O–H groups in total. The summed E-state index contributed by atoms with van der Waals surface area (Å²) in [5, 5.41) is 8.61. The quantitative estimate of drug-likeness (QED) is 0.500. The van der Waals surface area contributed by atoms with Gasteiger partial charge in [-0.2, -0.15) is 17.0 Å². The molecule has 2 aromatic carbocycles. The zero-order chi connectivity index (χ0) is 20.2. The normalized spacial score (nSPS) is 14.6. The maximum atomic E-state index is 11.3. The second-order valence-corrected chi connectivity index (χ2v) is 8.69. The molecule has 0 heterocycles. The van der Waals surface area contributed by atoms with E-state index in [0.29, 0.717) is 0 Å². The maximum absolute atomic E-state index is 11.3. The number of nitrogens with zero attached hydrogens (tertiary/aromatic N) is 1. The van der Waals surface area contributed by atoms with Gasteiger partial charge in [-0.25, -0.2) is 0 Å². The van der Waals surface area contributed by atoms with Crippen LogP contribution in [0.25, 0.3) is 0 Å². The molecule has 1 saturated carbocycles. The Morgan fingerprint density at radius 1 is 1.07 bits per heavy atom. The summed E-state index contributed by atoms with van der Waals surface area (Å²) in [5.74, 6) is 2.52. The Morgan fingerprint density at radius 2 is 1.71 bits per heavy atom. The summed E-state index contributed by atoms with van der Waals surface area (Å²) in [6, 6.07) is 20.5. The Hall–Kier alpha value is -2.05. The van der Waals surface area contributed by atoms with E-state index in [1.165, 1.54) is 42.6 Å². The van der Waals surface area contributed by atoms with Gasteiger partial charge in [0.05, 0.1) is 5.92 Å². The van der Waals surface area contributed by atoms with Gasteiger partial charge in [-0.05, 0) is 34.8 Å². The number of hydrogen-bond donors (Lipinski definition) is 0. The Balaban J connectivity index is 0.000000237. The molecule has 1 fully saturated rings. The third-order valence-corrected chi connectivity index (χ3v) is 6.24. The molecule has 0 saturated heterocycles. The summed E-state index contributed by atoms with van der Waals surface area (Å²) >= 11 is 1.96. The summed E-state index contributed by atoms with van der Waals surface area (Å²) in [7, 11) is 0. The van der Waals surface area contributed by atoms with Gasteiger partial charge in [0.25, 0.3) is 0 Å². The van der Waals surface area contributed by atoms with Crippen molar-refractivity contribution in [2.45, 2.75) is 57.6 Å². The number of hydrogen-bond acceptors (Lipinski definition) is 3. The first-order valence-electron chi connectivity index (χ1n) is 10.3. The predicted molar refractivity (Wildman–Crippen MR) is 119 cm³/mol. The molecule has 1 aliphatic carbocycles. The number of ketones is 1. The monoisotopic (exact) mass is 393 g/mol. The Bertz CT molecular complexity index is 742. The fourth-order valence-electron chi connectivity index (χ4n) is 3.53. The first-order chi connectivity index (χ1) is 13.6. The summed E-state index contributed by atoms with van der Waals surface area (Å²) < 4.78 is 0. The molecule has 28 heavy (non-hydrogen) atoms. The van der Waals surface area contributed by atoms with Crippen molar-refractivity contribution in [1.82, 2.24) is 0 Å². The third kappa shape index (κ3) is 7.52. The summed E-state index contributed by atoms with van der Waals surface area (Å²) in [4.78, 5) is 11.3. The van der Waals surface area contributed by atoms with Gasteiger partial charge in [-0.15, -0.1) is 0 Å². The van der Waals surface area contributed by atoms with Crippen molar-refractivity contribution in [3.05, 3.63) is 71.3 Å². The minimum Gasteiger partial charge on any atom is -0.282 e. The lowest BCUT2D eigenvalue weighted by atomic mass is 9.93. The minimum absolute atomic E-state index is 0.310. The third-order valence-electron chi connectivity index (χ3n) is 5.30. The van der Waals surface area contributed by atoms with Crippen LogP contribution in [0.4, 0.5) is 0 Å². The lowest BCUT2D eigenvalue weighted by Gasteiger charge is -2.11. The smallest absolute Gasteiger partial charge is 0.239 e. The molecule has 1 aliphatic rings. The average Bonchev–Trinajstić information content (AvgIpc) is 3.26. The van der Waals surface area contributed by atoms with Crippen LogP contribution in [-0.2, 0) is 17.0 Å². The van der Waals surface area contributed by atoms with E-state index < -0.39 is 0 Å². The van der Waals surface area contributed by atoms with E-state index in [1.54, 1.807) is 13.0 Å². The number of benzene rings is 2. The Labute approximate surface area is 174 Å². The molecule has 3 rings (SSSR count). The molecule has 2 nitrogen and oxygen atoms in total. The molecule has 0 amide bonds. The molecular formula is C25H31NOS. The highest BCUT2D eigenvalue weighted by atomic mass is 32.2. The van der Waals surface area contributed by atoms with Crippen LogP contribution in [0.1, 0.15) is 62.1 Å². The van der Waals surface area contributed by atoms with Crippen LogP contribution in [0.3, 0.4) is 0 Å². The van der Waals surface area contributed by atoms with E-state index in [9.17, 15) is 4.79 Å². The fraction of sp³-hybridized carbons (Fsp3) is 0.440. The number of Topliss-reactive ketones (excluding diaryl/α,β-unsaturated/α-hetero) is 1. The van der Waals surface area contributed by atoms with Gasteiger partial charge in [0.2, 0.25) is 5.78 Å². The van der Waals surface area contributed by atoms with Crippen LogP contribution >= 0.6 is 11.8 Å². The summed E-state index contributed by atoms with van der Waals surface area (Å²) in [6.45, 7) is 3.98. The minimum atomic E-state index is -0.362. The predicted octanol–water partition coefficient (Wildman–Crippen LogP) is 6.56. The highest BCUT2D eigenvalue weighted by Gasteiger charge is 2.17. The number of thioether (sulfide) groups is 1. The molecular weight excluding hydrogens is 362 g/mol. The lowest BCUT2D eigenvalue weighted by molar-refractivity contribution is -0.115. The van der Waals surface area contributed by atoms with Crippen molar-refractivity contribution in [3.8, 4) is 6.07 Å². The number of rotatable bonds is 7. The van der Waals surface area contributed by atoms with Gasteiger partial charge in [-0.3, -0.25) is 4.79 Å². The van der Waals surface area contributed by atoms with Crippen molar-refractivity contribution in [2.75, 3.05) is 5.75 Å². The standard InChI is InChI=1S/C16H19NO.C9H12S/c1-12(16(18)11-17)15-8-6-14(7-9-15)10-13-4-2-3-5-13;1-2-10-8-9-6-4-3-5-7-9/h6-9,12-13H,2-5,10H2,1H3;3-7H,2,8H2,1H3. The molecule has 0 spiro atoms. The van der Waals surface area contributed by atoms with Crippen LogP contribution in [0.15, 0.2) is 54.6 Å². The second kappa shape index (κ2) is 12.4. The first kappa shape index (κ1) is 22.2. The fourth-order valence-corrected chi connectivity index (χ4v) is 4.16. The molecule has 3 heteroatoms. The molecule has 2 aromatic rings. The van der Waals surface area contributed by atoms with Crippen LogP contribution in [0, 0.1) is 17.2 Å². The van der Waals surface area contributed by atoms with Crippen LogP contribution in [0.5, 0.6) is 0 Å². The van der Waals surface area contributed by atoms with Crippen LogP contribution < -0.4 is 0 Å². The molecule has 148 valence electrons. The van der Waals surface area contributed by atoms with E-state index in [2.05, 4.69) is 49.4 Å². The van der Waals surface area contributed by atoms with E-state index in [-0.39, 0.29) is 11.7 Å². The summed E-state index contributed by atoms with van der Waals surface area (Å²) in [5.41, 5.74) is 3.72. The van der Waals surface area contributed by atoms with Gasteiger partial charge < -0.3 is 0 Å². The lowest BCUT2D eigenvalue weighted by Crippen LogP contribution is -2.06. The zero-order valence-electron chi connectivity index (χ0n) is 17.1. The molecule has 1 atom stereocenters. The van der Waals surface area contributed by atoms with E-state index in [0.717, 1.165) is 23.7 Å². The van der Waals surface area contributed by atoms with Crippen molar-refractivity contribution in [1.29, 1.82) is 5.26 Å². The first-order valence-corrected chi connectivity index (χ1v) is 11.4.